The van der Waals surface area contributed by atoms with Gasteiger partial charge in [-0.1, -0.05) is 13.3 Å². The molecule has 3 saturated carbocycles. The van der Waals surface area contributed by atoms with Crippen molar-refractivity contribution in [3.05, 3.63) is 35.4 Å². The second-order valence-electron chi connectivity index (χ2n) is 8.37. The first-order valence-electron chi connectivity index (χ1n) is 9.60. The number of hydrogen-bond acceptors (Lipinski definition) is 0. The van der Waals surface area contributed by atoms with Gasteiger partial charge < -0.3 is 0 Å². The van der Waals surface area contributed by atoms with Gasteiger partial charge in [-0.05, 0) is 98.1 Å². The van der Waals surface area contributed by atoms with E-state index in [1.165, 1.54) is 38.5 Å². The Kier molecular flexibility index (Phi) is 4.19. The van der Waals surface area contributed by atoms with Crippen LogP contribution in [-0.2, 0) is 0 Å². The molecule has 1 aromatic rings. The van der Waals surface area contributed by atoms with Crippen molar-refractivity contribution in [2.75, 3.05) is 0 Å². The van der Waals surface area contributed by atoms with E-state index < -0.39 is 11.6 Å². The van der Waals surface area contributed by atoms with E-state index in [2.05, 4.69) is 6.92 Å². The zero-order valence-electron chi connectivity index (χ0n) is 14.1. The Bertz CT molecular complexity index is 547. The van der Waals surface area contributed by atoms with E-state index in [9.17, 15) is 8.78 Å². The van der Waals surface area contributed by atoms with Crippen molar-refractivity contribution in [2.45, 2.75) is 64.2 Å². The van der Waals surface area contributed by atoms with Crippen molar-refractivity contribution in [2.24, 2.45) is 29.6 Å². The van der Waals surface area contributed by atoms with Crippen LogP contribution in [0.1, 0.15) is 69.8 Å². The average molecular weight is 318 g/mol. The summed E-state index contributed by atoms with van der Waals surface area (Å²) in [5, 5.41) is 0. The Hall–Kier alpha value is -0.920. The standard InChI is InChI=1S/C21H28F2/c1-2-13-11-21(13)17-6-5-14-7-16(4-3-15(14)8-17)18-9-19(22)12-20(23)10-18/h9-10,12-17,21H,2-8,11H2,1H3. The van der Waals surface area contributed by atoms with Crippen molar-refractivity contribution >= 4 is 0 Å². The van der Waals surface area contributed by atoms with Crippen LogP contribution < -0.4 is 0 Å². The van der Waals surface area contributed by atoms with Crippen LogP contribution in [0.3, 0.4) is 0 Å². The van der Waals surface area contributed by atoms with Gasteiger partial charge in [0.25, 0.3) is 0 Å². The predicted molar refractivity (Wildman–Crippen MR) is 89.2 cm³/mol. The summed E-state index contributed by atoms with van der Waals surface area (Å²) >= 11 is 0. The summed E-state index contributed by atoms with van der Waals surface area (Å²) in [6, 6.07) is 4.09. The number of halogens is 2. The molecule has 0 radical (unpaired) electrons. The topological polar surface area (TPSA) is 0 Å². The van der Waals surface area contributed by atoms with Gasteiger partial charge >= 0.3 is 0 Å². The summed E-state index contributed by atoms with van der Waals surface area (Å²) in [6.45, 7) is 2.33. The molecule has 0 nitrogen and oxygen atoms in total. The molecule has 6 unspecified atom stereocenters. The van der Waals surface area contributed by atoms with Gasteiger partial charge in [0, 0.05) is 6.07 Å². The highest BCUT2D eigenvalue weighted by atomic mass is 19.1. The molecule has 6 atom stereocenters. The third-order valence-electron chi connectivity index (χ3n) is 7.12. The molecular formula is C21H28F2. The molecule has 0 N–H and O–H groups in total. The maximum absolute atomic E-state index is 13.5. The summed E-state index contributed by atoms with van der Waals surface area (Å²) in [5.41, 5.74) is 0.885. The zero-order chi connectivity index (χ0) is 16.0. The molecule has 0 heterocycles. The van der Waals surface area contributed by atoms with Crippen molar-refractivity contribution in [1.82, 2.24) is 0 Å². The van der Waals surface area contributed by atoms with Crippen molar-refractivity contribution in [3.63, 3.8) is 0 Å². The van der Waals surface area contributed by atoms with E-state index in [0.717, 1.165) is 54.1 Å². The van der Waals surface area contributed by atoms with Crippen LogP contribution in [0.5, 0.6) is 0 Å². The van der Waals surface area contributed by atoms with Crippen LogP contribution in [0, 0.1) is 41.2 Å². The molecule has 3 fully saturated rings. The Balaban J connectivity index is 1.39. The van der Waals surface area contributed by atoms with Crippen LogP contribution in [-0.4, -0.2) is 0 Å². The molecule has 3 aliphatic rings. The molecule has 2 heteroatoms. The highest BCUT2D eigenvalue weighted by Crippen LogP contribution is 2.55. The molecule has 0 aromatic heterocycles. The largest absolute Gasteiger partial charge is 0.207 e. The lowest BCUT2D eigenvalue weighted by Gasteiger charge is -2.42. The minimum absolute atomic E-state index is 0.363. The lowest BCUT2D eigenvalue weighted by molar-refractivity contribution is 0.106. The van der Waals surface area contributed by atoms with E-state index in [0.29, 0.717) is 5.92 Å². The Morgan fingerprint density at radius 3 is 2.17 bits per heavy atom. The maximum Gasteiger partial charge on any atom is 0.126 e. The van der Waals surface area contributed by atoms with Crippen LogP contribution >= 0.6 is 0 Å². The van der Waals surface area contributed by atoms with Gasteiger partial charge in [-0.15, -0.1) is 0 Å². The number of hydrogen-bond donors (Lipinski definition) is 0. The third kappa shape index (κ3) is 3.19. The van der Waals surface area contributed by atoms with Gasteiger partial charge in [0.2, 0.25) is 0 Å². The normalized spacial score (nSPS) is 39.8. The monoisotopic (exact) mass is 318 g/mol. The third-order valence-corrected chi connectivity index (χ3v) is 7.12. The zero-order valence-corrected chi connectivity index (χ0v) is 14.1. The molecule has 126 valence electrons. The number of rotatable bonds is 3. The average Bonchev–Trinajstić information content (AvgIpc) is 3.32. The van der Waals surface area contributed by atoms with Crippen LogP contribution in [0.4, 0.5) is 8.78 Å². The second kappa shape index (κ2) is 6.18. The molecule has 0 amide bonds. The molecular weight excluding hydrogens is 290 g/mol. The fourth-order valence-corrected chi connectivity index (χ4v) is 5.75. The van der Waals surface area contributed by atoms with Crippen LogP contribution in [0.15, 0.2) is 18.2 Å². The van der Waals surface area contributed by atoms with E-state index in [1.807, 2.05) is 0 Å². The molecule has 23 heavy (non-hydrogen) atoms. The van der Waals surface area contributed by atoms with Gasteiger partial charge in [-0.25, -0.2) is 8.78 Å². The van der Waals surface area contributed by atoms with Crippen molar-refractivity contribution in [3.8, 4) is 0 Å². The molecule has 4 rings (SSSR count). The fourth-order valence-electron chi connectivity index (χ4n) is 5.75. The maximum atomic E-state index is 13.5. The first kappa shape index (κ1) is 15.6. The lowest BCUT2D eigenvalue weighted by Crippen LogP contribution is -2.31. The van der Waals surface area contributed by atoms with Gasteiger partial charge in [0.1, 0.15) is 11.6 Å². The minimum Gasteiger partial charge on any atom is -0.207 e. The molecule has 0 saturated heterocycles. The van der Waals surface area contributed by atoms with E-state index in [4.69, 9.17) is 0 Å². The summed E-state index contributed by atoms with van der Waals surface area (Å²) in [5.74, 6) is 4.19. The quantitative estimate of drug-likeness (QED) is 0.612. The van der Waals surface area contributed by atoms with Crippen LogP contribution in [0.25, 0.3) is 0 Å². The molecule has 3 aliphatic carbocycles. The molecule has 1 aromatic carbocycles. The smallest absolute Gasteiger partial charge is 0.126 e. The Morgan fingerprint density at radius 2 is 1.48 bits per heavy atom. The van der Waals surface area contributed by atoms with Gasteiger partial charge in [0.15, 0.2) is 0 Å². The number of fused-ring (bicyclic) bond motifs is 1. The Morgan fingerprint density at radius 1 is 0.826 bits per heavy atom. The van der Waals surface area contributed by atoms with E-state index >= 15 is 0 Å². The van der Waals surface area contributed by atoms with Crippen molar-refractivity contribution in [1.29, 1.82) is 0 Å². The summed E-state index contributed by atoms with van der Waals surface area (Å²) in [7, 11) is 0. The summed E-state index contributed by atoms with van der Waals surface area (Å²) in [4.78, 5) is 0. The van der Waals surface area contributed by atoms with Gasteiger partial charge in [0.05, 0.1) is 0 Å². The molecule has 0 aliphatic heterocycles. The van der Waals surface area contributed by atoms with E-state index in [1.54, 1.807) is 12.1 Å². The second-order valence-corrected chi connectivity index (χ2v) is 8.37. The predicted octanol–water partition coefficient (Wildman–Crippen LogP) is 6.31. The SMILES string of the molecule is CCC1CC1C1CCC2CC(c3cc(F)cc(F)c3)CCC2C1. The van der Waals surface area contributed by atoms with Gasteiger partial charge in [-0.2, -0.15) is 0 Å². The number of benzene rings is 1. The van der Waals surface area contributed by atoms with Crippen LogP contribution in [0.2, 0.25) is 0 Å². The highest BCUT2D eigenvalue weighted by Gasteiger charge is 2.45. The first-order valence-corrected chi connectivity index (χ1v) is 9.60. The Labute approximate surface area is 138 Å². The molecule has 0 spiro atoms. The minimum atomic E-state index is -0.426. The molecule has 0 bridgehead atoms. The van der Waals surface area contributed by atoms with Crippen molar-refractivity contribution < 1.29 is 8.78 Å². The van der Waals surface area contributed by atoms with Gasteiger partial charge in [-0.3, -0.25) is 0 Å². The summed E-state index contributed by atoms with van der Waals surface area (Å²) < 4.78 is 27.0. The van der Waals surface area contributed by atoms with E-state index in [-0.39, 0.29) is 0 Å². The summed E-state index contributed by atoms with van der Waals surface area (Å²) in [6.07, 6.45) is 10.5. The fraction of sp³-hybridized carbons (Fsp3) is 0.714. The highest BCUT2D eigenvalue weighted by molar-refractivity contribution is 5.22. The first-order chi connectivity index (χ1) is 11.1. The lowest BCUT2D eigenvalue weighted by atomic mass is 9.63.